The molecule has 0 radical (unpaired) electrons. The fourth-order valence-electron chi connectivity index (χ4n) is 0.489. The number of hydrogen-bond acceptors (Lipinski definition) is 1. The minimum Gasteiger partial charge on any atom is -1.00 e. The molecule has 9 heavy (non-hydrogen) atoms. The van der Waals surface area contributed by atoms with Crippen LogP contribution >= 0.6 is 0 Å². The van der Waals surface area contributed by atoms with Gasteiger partial charge in [-0.15, -0.1) is 0 Å². The normalized spacial score (nSPS) is 7.78. The van der Waals surface area contributed by atoms with E-state index in [2.05, 4.69) is 6.92 Å². The van der Waals surface area contributed by atoms with Crippen LogP contribution in [0.2, 0.25) is 6.32 Å². The van der Waals surface area contributed by atoms with Crippen molar-refractivity contribution in [2.75, 3.05) is 6.61 Å². The van der Waals surface area contributed by atoms with Crippen molar-refractivity contribution in [2.45, 2.75) is 33.0 Å². The van der Waals surface area contributed by atoms with Gasteiger partial charge in [0.25, 0.3) is 0 Å². The molecule has 0 rings (SSSR count). The van der Waals surface area contributed by atoms with E-state index < -0.39 is 0 Å². The van der Waals surface area contributed by atoms with E-state index in [1.807, 2.05) is 14.4 Å². The van der Waals surface area contributed by atoms with Gasteiger partial charge >= 0.3 is 51.8 Å². The Balaban J connectivity index is 0. The molecule has 0 aromatic heterocycles. The standard InChI is InChI=1S/C6H14BO.BrH/c1-3-5-6-7-8-4-2;/h3-6H2,1-2H3;1H/q+1;/p-1. The fraction of sp³-hybridized carbons (Fsp3) is 1.00. The Kier molecular flexibility index (Phi) is 15.4. The molecule has 0 atom stereocenters. The van der Waals surface area contributed by atoms with Crippen LogP contribution in [0.1, 0.15) is 26.7 Å². The molecule has 0 bridgehead atoms. The quantitative estimate of drug-likeness (QED) is 0.396. The van der Waals surface area contributed by atoms with Crippen LogP contribution in [0.5, 0.6) is 0 Å². The van der Waals surface area contributed by atoms with E-state index in [1.165, 1.54) is 12.8 Å². The molecule has 0 aromatic rings. The summed E-state index contributed by atoms with van der Waals surface area (Å²) in [6, 6.07) is 0. The predicted octanol–water partition coefficient (Wildman–Crippen LogP) is -1.14. The third kappa shape index (κ3) is 11.9. The Morgan fingerprint density at radius 3 is 2.44 bits per heavy atom. The summed E-state index contributed by atoms with van der Waals surface area (Å²) >= 11 is 0. The molecule has 3 heteroatoms. The van der Waals surface area contributed by atoms with Gasteiger partial charge in [0.05, 0.1) is 0 Å². The van der Waals surface area contributed by atoms with Gasteiger partial charge in [0.1, 0.15) is 0 Å². The summed E-state index contributed by atoms with van der Waals surface area (Å²) in [6.07, 6.45) is 3.61. The van der Waals surface area contributed by atoms with Crippen LogP contribution in [-0.4, -0.2) is 14.1 Å². The zero-order valence-corrected chi connectivity index (χ0v) is 7.78. The number of rotatable bonds is 5. The van der Waals surface area contributed by atoms with Crippen LogP contribution in [0.25, 0.3) is 0 Å². The number of halogens is 1. The Morgan fingerprint density at radius 2 is 2.00 bits per heavy atom. The maximum absolute atomic E-state index is 5.01. The first-order chi connectivity index (χ1) is 3.91. The van der Waals surface area contributed by atoms with Crippen LogP contribution in [0.4, 0.5) is 0 Å². The van der Waals surface area contributed by atoms with Gasteiger partial charge in [-0.1, -0.05) is 0 Å². The molecular weight excluding hydrogens is 179 g/mol. The minimum atomic E-state index is 0. The van der Waals surface area contributed by atoms with Crippen LogP contribution in [0.15, 0.2) is 0 Å². The summed E-state index contributed by atoms with van der Waals surface area (Å²) in [6.45, 7) is 4.99. The van der Waals surface area contributed by atoms with Crippen molar-refractivity contribution in [3.63, 3.8) is 0 Å². The summed E-state index contributed by atoms with van der Waals surface area (Å²) < 4.78 is 5.01. The Hall–Kier alpha value is 0.505. The molecule has 0 heterocycles. The molecule has 0 fully saturated rings. The van der Waals surface area contributed by atoms with Gasteiger partial charge in [-0.05, 0) is 0 Å². The van der Waals surface area contributed by atoms with Crippen molar-refractivity contribution in [3.05, 3.63) is 0 Å². The topological polar surface area (TPSA) is 9.23 Å². The van der Waals surface area contributed by atoms with Crippen molar-refractivity contribution >= 4 is 7.48 Å². The number of unbranched alkanes of at least 4 members (excludes halogenated alkanes) is 1. The molecule has 0 aromatic carbocycles. The maximum atomic E-state index is 5.01. The van der Waals surface area contributed by atoms with E-state index in [0.29, 0.717) is 0 Å². The van der Waals surface area contributed by atoms with Gasteiger partial charge in [-0.3, -0.25) is 0 Å². The van der Waals surface area contributed by atoms with Crippen molar-refractivity contribution in [1.29, 1.82) is 0 Å². The molecule has 0 spiro atoms. The zero-order valence-electron chi connectivity index (χ0n) is 6.19. The first kappa shape index (κ1) is 12.2. The van der Waals surface area contributed by atoms with E-state index in [1.54, 1.807) is 0 Å². The second-order valence-corrected chi connectivity index (χ2v) is 1.76. The van der Waals surface area contributed by atoms with Gasteiger partial charge in [0, 0.05) is 0 Å². The van der Waals surface area contributed by atoms with E-state index in [-0.39, 0.29) is 17.0 Å². The first-order valence-electron chi connectivity index (χ1n) is 3.35. The maximum Gasteiger partial charge on any atom is -1.00 e. The van der Waals surface area contributed by atoms with Gasteiger partial charge in [-0.25, -0.2) is 0 Å². The Morgan fingerprint density at radius 1 is 1.33 bits per heavy atom. The molecule has 1 nitrogen and oxygen atoms in total. The van der Waals surface area contributed by atoms with Crippen LogP contribution in [0, 0.1) is 0 Å². The molecular formula is C6H14BBrO. The van der Waals surface area contributed by atoms with Gasteiger partial charge in [-0.2, -0.15) is 0 Å². The molecule has 0 aliphatic carbocycles. The Labute approximate surface area is 69.2 Å². The monoisotopic (exact) mass is 192 g/mol. The molecule has 0 saturated heterocycles. The van der Waals surface area contributed by atoms with Gasteiger partial charge in [0.15, 0.2) is 0 Å². The smallest absolute Gasteiger partial charge is 1.00 e. The van der Waals surface area contributed by atoms with Gasteiger partial charge < -0.3 is 17.0 Å². The third-order valence-corrected chi connectivity index (χ3v) is 0.960. The average Bonchev–Trinajstić information content (AvgIpc) is 1.81. The Bertz CT molecular complexity index is 38.0. The molecule has 0 aliphatic rings. The van der Waals surface area contributed by atoms with Crippen LogP contribution in [0.3, 0.4) is 0 Å². The minimum absolute atomic E-state index is 0. The second kappa shape index (κ2) is 11.3. The van der Waals surface area contributed by atoms with Gasteiger partial charge in [0.2, 0.25) is 0 Å². The summed E-state index contributed by atoms with van der Waals surface area (Å²) in [4.78, 5) is 0. The zero-order chi connectivity index (χ0) is 6.24. The fourth-order valence-corrected chi connectivity index (χ4v) is 0.489. The van der Waals surface area contributed by atoms with Crippen LogP contribution < -0.4 is 17.0 Å². The largest absolute Gasteiger partial charge is 1.00 e. The summed E-state index contributed by atoms with van der Waals surface area (Å²) in [5.74, 6) is 0. The van der Waals surface area contributed by atoms with E-state index in [0.717, 1.165) is 12.9 Å². The van der Waals surface area contributed by atoms with E-state index in [4.69, 9.17) is 4.65 Å². The van der Waals surface area contributed by atoms with Crippen LogP contribution in [-0.2, 0) is 4.65 Å². The summed E-state index contributed by atoms with van der Waals surface area (Å²) in [7, 11) is 1.89. The molecule has 0 unspecified atom stereocenters. The summed E-state index contributed by atoms with van der Waals surface area (Å²) in [5.41, 5.74) is 0. The molecule has 0 N–H and O–H groups in total. The number of hydrogen-bond donors (Lipinski definition) is 0. The SMILES string of the molecule is CCCC[B+]OCC.[Br-]. The van der Waals surface area contributed by atoms with E-state index in [9.17, 15) is 0 Å². The van der Waals surface area contributed by atoms with Crippen molar-refractivity contribution < 1.29 is 21.6 Å². The first-order valence-corrected chi connectivity index (χ1v) is 3.35. The van der Waals surface area contributed by atoms with Crippen molar-refractivity contribution in [2.24, 2.45) is 0 Å². The average molecular weight is 193 g/mol. The van der Waals surface area contributed by atoms with E-state index >= 15 is 0 Å². The second-order valence-electron chi connectivity index (χ2n) is 1.76. The molecule has 54 valence electrons. The molecule has 0 aliphatic heterocycles. The predicted molar refractivity (Wildman–Crippen MR) is 37.1 cm³/mol. The van der Waals surface area contributed by atoms with Crippen molar-refractivity contribution in [1.82, 2.24) is 0 Å². The molecule has 0 saturated carbocycles. The third-order valence-electron chi connectivity index (χ3n) is 0.960. The van der Waals surface area contributed by atoms with Crippen molar-refractivity contribution in [3.8, 4) is 0 Å². The summed E-state index contributed by atoms with van der Waals surface area (Å²) in [5, 5.41) is 0. The molecule has 0 amide bonds.